The average Bonchev–Trinajstić information content (AvgIpc) is 2.58. The molecule has 6 nitrogen and oxygen atoms in total. The highest BCUT2D eigenvalue weighted by atomic mass is 127. The van der Waals surface area contributed by atoms with Crippen LogP contribution >= 0.6 is 24.0 Å². The smallest absolute Gasteiger partial charge is 0.194 e. The Morgan fingerprint density at radius 3 is 2.32 bits per heavy atom. The Kier molecular flexibility index (Phi) is 10.0. The molecule has 0 radical (unpaired) electrons. The molecule has 2 rings (SSSR count). The Morgan fingerprint density at radius 2 is 1.82 bits per heavy atom. The summed E-state index contributed by atoms with van der Waals surface area (Å²) >= 11 is 0. The van der Waals surface area contributed by atoms with Gasteiger partial charge in [0.25, 0.3) is 0 Å². The molecule has 1 unspecified atom stereocenters. The summed E-state index contributed by atoms with van der Waals surface area (Å²) in [5.41, 5.74) is 0. The number of rotatable bonds is 5. The third-order valence-corrected chi connectivity index (χ3v) is 8.70. The highest BCUT2D eigenvalue weighted by molar-refractivity contribution is 14.0. The molecule has 0 bridgehead atoms. The van der Waals surface area contributed by atoms with Crippen molar-refractivity contribution in [1.82, 2.24) is 15.1 Å². The van der Waals surface area contributed by atoms with E-state index in [0.29, 0.717) is 25.0 Å². The maximum absolute atomic E-state index is 12.3. The molecule has 0 aromatic carbocycles. The quantitative estimate of drug-likeness (QED) is 0.338. The monoisotopic (exact) mass is 528 g/mol. The first-order valence-corrected chi connectivity index (χ1v) is 12.2. The van der Waals surface area contributed by atoms with E-state index in [2.05, 4.69) is 42.8 Å². The molecule has 2 aliphatic rings. The van der Waals surface area contributed by atoms with Gasteiger partial charge in [0.1, 0.15) is 0 Å². The summed E-state index contributed by atoms with van der Waals surface area (Å²) in [5, 5.41) is 3.38. The Balaban J connectivity index is 0.00000392. The topological polar surface area (TPSA) is 65.0 Å². The molecule has 2 aliphatic heterocycles. The molecular formula is C20H41IN4O2S. The second-order valence-electron chi connectivity index (χ2n) is 9.22. The van der Waals surface area contributed by atoms with E-state index in [1.807, 2.05) is 13.8 Å². The SMILES string of the molecule is CCNC(=NCC(C(C)C)N1CCC(C)CC1)N1CCS(=O)(=O)C(C)(C)C1.I. The number of hydrogen-bond donors (Lipinski definition) is 1. The van der Waals surface area contributed by atoms with E-state index in [0.717, 1.165) is 38.1 Å². The molecule has 0 aliphatic carbocycles. The van der Waals surface area contributed by atoms with Crippen molar-refractivity contribution in [2.45, 2.75) is 65.2 Å². The lowest BCUT2D eigenvalue weighted by Crippen LogP contribution is -2.57. The van der Waals surface area contributed by atoms with Gasteiger partial charge in [-0.1, -0.05) is 20.8 Å². The fourth-order valence-electron chi connectivity index (χ4n) is 4.04. The van der Waals surface area contributed by atoms with Gasteiger partial charge in [0, 0.05) is 25.7 Å². The van der Waals surface area contributed by atoms with Gasteiger partial charge in [0.15, 0.2) is 15.8 Å². The van der Waals surface area contributed by atoms with Crippen LogP contribution in [0.3, 0.4) is 0 Å². The molecule has 1 N–H and O–H groups in total. The molecule has 2 heterocycles. The molecule has 28 heavy (non-hydrogen) atoms. The molecule has 166 valence electrons. The van der Waals surface area contributed by atoms with Gasteiger partial charge in [-0.25, -0.2) is 8.42 Å². The van der Waals surface area contributed by atoms with Crippen molar-refractivity contribution in [1.29, 1.82) is 0 Å². The number of halogens is 1. The van der Waals surface area contributed by atoms with Crippen LogP contribution < -0.4 is 5.32 Å². The number of aliphatic imine (C=N–C) groups is 1. The standard InChI is InChI=1S/C20H40N4O2S.HI/c1-7-21-19(24-12-13-27(25,26)20(5,6)15-24)22-14-18(16(2)3)23-10-8-17(4)9-11-23;/h16-18H,7-15H2,1-6H3,(H,21,22);1H. The van der Waals surface area contributed by atoms with Crippen LogP contribution in [-0.4, -0.2) is 80.0 Å². The van der Waals surface area contributed by atoms with Crippen molar-refractivity contribution in [3.63, 3.8) is 0 Å². The maximum Gasteiger partial charge on any atom is 0.194 e. The zero-order valence-electron chi connectivity index (χ0n) is 18.6. The van der Waals surface area contributed by atoms with Gasteiger partial charge in [0.05, 0.1) is 17.0 Å². The average molecular weight is 529 g/mol. The zero-order valence-corrected chi connectivity index (χ0v) is 21.7. The summed E-state index contributed by atoms with van der Waals surface area (Å²) in [6.07, 6.45) is 2.54. The first-order valence-electron chi connectivity index (χ1n) is 10.6. The van der Waals surface area contributed by atoms with Gasteiger partial charge in [-0.2, -0.15) is 0 Å². The largest absolute Gasteiger partial charge is 0.357 e. The van der Waals surface area contributed by atoms with Crippen LogP contribution in [0.5, 0.6) is 0 Å². The Bertz CT molecular complexity index is 614. The van der Waals surface area contributed by atoms with Crippen LogP contribution in [0.25, 0.3) is 0 Å². The van der Waals surface area contributed by atoms with Gasteiger partial charge in [0.2, 0.25) is 0 Å². The molecule has 0 amide bonds. The predicted molar refractivity (Wildman–Crippen MR) is 129 cm³/mol. The minimum Gasteiger partial charge on any atom is -0.357 e. The molecule has 1 atom stereocenters. The molecule has 0 aromatic rings. The van der Waals surface area contributed by atoms with Crippen molar-refractivity contribution < 1.29 is 8.42 Å². The Labute approximate surface area is 189 Å². The van der Waals surface area contributed by atoms with Crippen molar-refractivity contribution in [2.24, 2.45) is 16.8 Å². The number of sulfone groups is 1. The van der Waals surface area contributed by atoms with Crippen molar-refractivity contribution in [3.8, 4) is 0 Å². The van der Waals surface area contributed by atoms with E-state index in [1.54, 1.807) is 0 Å². The highest BCUT2D eigenvalue weighted by Crippen LogP contribution is 2.24. The number of likely N-dealkylation sites (tertiary alicyclic amines) is 1. The lowest BCUT2D eigenvalue weighted by Gasteiger charge is -2.40. The molecule has 2 saturated heterocycles. The first-order chi connectivity index (χ1) is 12.6. The van der Waals surface area contributed by atoms with Crippen molar-refractivity contribution in [3.05, 3.63) is 0 Å². The number of piperidine rings is 1. The molecule has 0 saturated carbocycles. The normalized spacial score (nSPS) is 24.7. The first kappa shape index (κ1) is 25.9. The number of nitrogens with one attached hydrogen (secondary N) is 1. The van der Waals surface area contributed by atoms with Crippen LogP contribution in [0.15, 0.2) is 4.99 Å². The summed E-state index contributed by atoms with van der Waals surface area (Å²) in [7, 11) is -3.04. The molecule has 0 aromatic heterocycles. The zero-order chi connectivity index (χ0) is 20.2. The summed E-state index contributed by atoms with van der Waals surface area (Å²) in [6.45, 7) is 17.5. The molecular weight excluding hydrogens is 487 g/mol. The fraction of sp³-hybridized carbons (Fsp3) is 0.950. The van der Waals surface area contributed by atoms with Crippen LogP contribution in [0.2, 0.25) is 0 Å². The van der Waals surface area contributed by atoms with Crippen LogP contribution in [-0.2, 0) is 9.84 Å². The molecule has 0 spiro atoms. The summed E-state index contributed by atoms with van der Waals surface area (Å²) in [5.74, 6) is 2.43. The van der Waals surface area contributed by atoms with Crippen molar-refractivity contribution in [2.75, 3.05) is 45.0 Å². The summed E-state index contributed by atoms with van der Waals surface area (Å²) < 4.78 is 23.9. The van der Waals surface area contributed by atoms with Crippen molar-refractivity contribution >= 4 is 39.8 Å². The van der Waals surface area contributed by atoms with E-state index in [4.69, 9.17) is 4.99 Å². The highest BCUT2D eigenvalue weighted by Gasteiger charge is 2.41. The third-order valence-electron chi connectivity index (χ3n) is 6.16. The van der Waals surface area contributed by atoms with E-state index in [9.17, 15) is 8.42 Å². The minimum atomic E-state index is -3.04. The van der Waals surface area contributed by atoms with Gasteiger partial charge < -0.3 is 10.2 Å². The van der Waals surface area contributed by atoms with Gasteiger partial charge in [-0.05, 0) is 58.5 Å². The van der Waals surface area contributed by atoms with E-state index < -0.39 is 14.6 Å². The lowest BCUT2D eigenvalue weighted by molar-refractivity contribution is 0.113. The summed E-state index contributed by atoms with van der Waals surface area (Å²) in [4.78, 5) is 9.69. The van der Waals surface area contributed by atoms with Gasteiger partial charge in [-0.3, -0.25) is 9.89 Å². The molecule has 8 heteroatoms. The number of hydrogen-bond acceptors (Lipinski definition) is 4. The van der Waals surface area contributed by atoms with Crippen LogP contribution in [0.4, 0.5) is 0 Å². The predicted octanol–water partition coefficient (Wildman–Crippen LogP) is 2.84. The lowest BCUT2D eigenvalue weighted by atomic mass is 9.94. The van der Waals surface area contributed by atoms with Crippen LogP contribution in [0.1, 0.15) is 54.4 Å². The number of guanidine groups is 1. The van der Waals surface area contributed by atoms with E-state index in [1.165, 1.54) is 12.8 Å². The molecule has 2 fully saturated rings. The van der Waals surface area contributed by atoms with Gasteiger partial charge >= 0.3 is 0 Å². The summed E-state index contributed by atoms with van der Waals surface area (Å²) in [6, 6.07) is 0.438. The maximum atomic E-state index is 12.3. The fourth-order valence-corrected chi connectivity index (χ4v) is 5.40. The third kappa shape index (κ3) is 6.45. The second-order valence-corrected chi connectivity index (χ2v) is 12.0. The second kappa shape index (κ2) is 10.8. The minimum absolute atomic E-state index is 0. The van der Waals surface area contributed by atoms with Gasteiger partial charge in [-0.15, -0.1) is 24.0 Å². The van der Waals surface area contributed by atoms with E-state index in [-0.39, 0.29) is 29.7 Å². The van der Waals surface area contributed by atoms with E-state index >= 15 is 0 Å². The van der Waals surface area contributed by atoms with Crippen LogP contribution in [0, 0.1) is 11.8 Å². The number of nitrogens with zero attached hydrogens (tertiary/aromatic N) is 3. The Morgan fingerprint density at radius 1 is 1.21 bits per heavy atom. The Hall–Kier alpha value is -0.0900.